The fourth-order valence-corrected chi connectivity index (χ4v) is 2.45. The number of nitrogens with two attached hydrogens (primary N) is 1. The molecule has 1 aromatic heterocycles. The average molecular weight is 277 g/mol. The van der Waals surface area contributed by atoms with Crippen LogP contribution < -0.4 is 5.73 Å². The molecule has 1 aromatic rings. The van der Waals surface area contributed by atoms with Crippen LogP contribution in [0.1, 0.15) is 12.6 Å². The third-order valence-electron chi connectivity index (χ3n) is 1.55. The number of halogens is 1. The summed E-state index contributed by atoms with van der Waals surface area (Å²) in [4.78, 5) is 4.14. The van der Waals surface area contributed by atoms with Crippen LogP contribution in [0.3, 0.4) is 0 Å². The number of aromatic nitrogens is 1. The highest BCUT2D eigenvalue weighted by Gasteiger charge is 2.05. The molecule has 0 bridgehead atoms. The molecule has 2 N–H and O–H groups in total. The van der Waals surface area contributed by atoms with Gasteiger partial charge in [0.05, 0.1) is 11.4 Å². The van der Waals surface area contributed by atoms with Gasteiger partial charge in [0.2, 0.25) is 0 Å². The maximum Gasteiger partial charge on any atom is 0.0659 e. The molecule has 14 heavy (non-hydrogen) atoms. The van der Waals surface area contributed by atoms with Gasteiger partial charge in [-0.05, 0) is 35.0 Å². The lowest BCUT2D eigenvalue weighted by Gasteiger charge is -2.04. The Hall–Kier alpha value is -0.260. The number of rotatable bonds is 4. The second kappa shape index (κ2) is 5.58. The quantitative estimate of drug-likeness (QED) is 0.906. The van der Waals surface area contributed by atoms with E-state index in [0.717, 1.165) is 10.2 Å². The highest BCUT2D eigenvalue weighted by Crippen LogP contribution is 2.08. The van der Waals surface area contributed by atoms with Crippen LogP contribution in [0.2, 0.25) is 0 Å². The van der Waals surface area contributed by atoms with Gasteiger partial charge < -0.3 is 5.73 Å². The molecule has 0 fully saturated rings. The van der Waals surface area contributed by atoms with Gasteiger partial charge in [0.15, 0.2) is 0 Å². The predicted molar refractivity (Wildman–Crippen MR) is 62.3 cm³/mol. The second-order valence-electron chi connectivity index (χ2n) is 3.20. The molecule has 2 unspecified atom stereocenters. The van der Waals surface area contributed by atoms with E-state index in [0.29, 0.717) is 11.5 Å². The lowest BCUT2D eigenvalue weighted by molar-refractivity contribution is 0.675. The van der Waals surface area contributed by atoms with Gasteiger partial charge in [-0.25, -0.2) is 0 Å². The zero-order chi connectivity index (χ0) is 10.6. The van der Waals surface area contributed by atoms with E-state index in [9.17, 15) is 4.21 Å². The molecule has 5 heteroatoms. The van der Waals surface area contributed by atoms with Gasteiger partial charge >= 0.3 is 0 Å². The molecule has 0 radical (unpaired) electrons. The summed E-state index contributed by atoms with van der Waals surface area (Å²) in [7, 11) is -0.911. The molecule has 78 valence electrons. The Labute approximate surface area is 94.7 Å². The molecule has 0 aliphatic carbocycles. The number of pyridine rings is 1. The molecule has 0 saturated carbocycles. The van der Waals surface area contributed by atoms with Gasteiger partial charge in [0.25, 0.3) is 0 Å². The number of nitrogens with zero attached hydrogens (tertiary/aromatic N) is 1. The molecule has 0 aromatic carbocycles. The van der Waals surface area contributed by atoms with Crippen molar-refractivity contribution < 1.29 is 4.21 Å². The summed E-state index contributed by atoms with van der Waals surface area (Å²) in [6.45, 7) is 1.85. The van der Waals surface area contributed by atoms with E-state index in [-0.39, 0.29) is 6.04 Å². The number of hydrogen-bond acceptors (Lipinski definition) is 3. The molecule has 0 aliphatic heterocycles. The zero-order valence-electron chi connectivity index (χ0n) is 7.94. The molecule has 1 rings (SSSR count). The minimum absolute atomic E-state index is 0.0220. The molecule has 0 amide bonds. The monoisotopic (exact) mass is 276 g/mol. The Morgan fingerprint density at radius 2 is 2.36 bits per heavy atom. The number of hydrogen-bond donors (Lipinski definition) is 1. The predicted octanol–water partition coefficient (Wildman–Crippen LogP) is 1.44. The maximum absolute atomic E-state index is 11.5. The largest absolute Gasteiger partial charge is 0.327 e. The van der Waals surface area contributed by atoms with Crippen molar-refractivity contribution in [1.82, 2.24) is 4.98 Å². The van der Waals surface area contributed by atoms with E-state index in [1.807, 2.05) is 19.1 Å². The van der Waals surface area contributed by atoms with Crippen molar-refractivity contribution in [3.63, 3.8) is 0 Å². The van der Waals surface area contributed by atoms with Crippen molar-refractivity contribution in [2.75, 3.05) is 5.75 Å². The van der Waals surface area contributed by atoms with E-state index in [2.05, 4.69) is 20.9 Å². The summed E-state index contributed by atoms with van der Waals surface area (Å²) in [6, 6.07) is 3.74. The summed E-state index contributed by atoms with van der Waals surface area (Å²) in [5.41, 5.74) is 6.39. The molecule has 0 spiro atoms. The first-order valence-electron chi connectivity index (χ1n) is 4.29. The van der Waals surface area contributed by atoms with Crippen LogP contribution in [0.25, 0.3) is 0 Å². The first kappa shape index (κ1) is 11.8. The maximum atomic E-state index is 11.5. The van der Waals surface area contributed by atoms with Crippen LogP contribution in [-0.4, -0.2) is 21.0 Å². The van der Waals surface area contributed by atoms with E-state index >= 15 is 0 Å². The SMILES string of the molecule is CC(N)CS(=O)Cc1ccc(Br)cn1. The molecule has 0 aliphatic rings. The standard InChI is InChI=1S/C9H13BrN2OS/c1-7(11)5-14(13)6-9-3-2-8(10)4-12-9/h2-4,7H,5-6,11H2,1H3. The highest BCUT2D eigenvalue weighted by atomic mass is 79.9. The highest BCUT2D eigenvalue weighted by molar-refractivity contribution is 9.10. The van der Waals surface area contributed by atoms with Crippen LogP contribution in [-0.2, 0) is 16.6 Å². The van der Waals surface area contributed by atoms with Crippen molar-refractivity contribution >= 4 is 26.7 Å². The Balaban J connectivity index is 2.52. The summed E-state index contributed by atoms with van der Waals surface area (Å²) >= 11 is 3.29. The van der Waals surface area contributed by atoms with Gasteiger partial charge in [-0.1, -0.05) is 0 Å². The van der Waals surface area contributed by atoms with Crippen molar-refractivity contribution in [2.24, 2.45) is 5.73 Å². The Bertz CT molecular complexity index is 313. The third-order valence-corrected chi connectivity index (χ3v) is 3.53. The normalized spacial score (nSPS) is 15.1. The molecular weight excluding hydrogens is 264 g/mol. The van der Waals surface area contributed by atoms with Gasteiger partial charge in [-0.15, -0.1) is 0 Å². The fourth-order valence-electron chi connectivity index (χ4n) is 1.01. The minimum Gasteiger partial charge on any atom is -0.327 e. The summed E-state index contributed by atoms with van der Waals surface area (Å²) in [5, 5.41) is 0. The first-order valence-corrected chi connectivity index (χ1v) is 6.57. The first-order chi connectivity index (χ1) is 6.58. The minimum atomic E-state index is -0.911. The topological polar surface area (TPSA) is 56.0 Å². The second-order valence-corrected chi connectivity index (χ2v) is 5.61. The average Bonchev–Trinajstić information content (AvgIpc) is 2.07. The van der Waals surface area contributed by atoms with Crippen LogP contribution in [0, 0.1) is 0 Å². The van der Waals surface area contributed by atoms with Gasteiger partial charge in [-0.3, -0.25) is 9.19 Å². The van der Waals surface area contributed by atoms with Gasteiger partial charge in [0, 0.05) is 33.3 Å². The van der Waals surface area contributed by atoms with Crippen molar-refractivity contribution in [3.8, 4) is 0 Å². The Morgan fingerprint density at radius 1 is 1.64 bits per heavy atom. The molecule has 3 nitrogen and oxygen atoms in total. The third kappa shape index (κ3) is 4.30. The van der Waals surface area contributed by atoms with Crippen LogP contribution in [0.4, 0.5) is 0 Å². The summed E-state index contributed by atoms with van der Waals surface area (Å²) in [5.74, 6) is 1.01. The van der Waals surface area contributed by atoms with Gasteiger partial charge in [0.1, 0.15) is 0 Å². The van der Waals surface area contributed by atoms with Crippen molar-refractivity contribution in [2.45, 2.75) is 18.7 Å². The summed E-state index contributed by atoms with van der Waals surface area (Å²) in [6.07, 6.45) is 1.71. The van der Waals surface area contributed by atoms with Crippen molar-refractivity contribution in [3.05, 3.63) is 28.5 Å². The molecule has 0 saturated heterocycles. The summed E-state index contributed by atoms with van der Waals surface area (Å²) < 4.78 is 12.4. The Kier molecular flexibility index (Phi) is 4.71. The molecular formula is C9H13BrN2OS. The van der Waals surface area contributed by atoms with E-state index in [4.69, 9.17) is 5.73 Å². The lowest BCUT2D eigenvalue weighted by atomic mass is 10.4. The molecule has 2 atom stereocenters. The Morgan fingerprint density at radius 3 is 2.86 bits per heavy atom. The van der Waals surface area contributed by atoms with Crippen molar-refractivity contribution in [1.29, 1.82) is 0 Å². The van der Waals surface area contributed by atoms with E-state index in [1.165, 1.54) is 0 Å². The smallest absolute Gasteiger partial charge is 0.0659 e. The van der Waals surface area contributed by atoms with E-state index in [1.54, 1.807) is 6.20 Å². The zero-order valence-corrected chi connectivity index (χ0v) is 10.3. The lowest BCUT2D eigenvalue weighted by Crippen LogP contribution is -2.23. The van der Waals surface area contributed by atoms with Crippen LogP contribution in [0.5, 0.6) is 0 Å². The van der Waals surface area contributed by atoms with Gasteiger partial charge in [-0.2, -0.15) is 0 Å². The van der Waals surface area contributed by atoms with Crippen LogP contribution >= 0.6 is 15.9 Å². The van der Waals surface area contributed by atoms with Crippen LogP contribution in [0.15, 0.2) is 22.8 Å². The van der Waals surface area contributed by atoms with E-state index < -0.39 is 10.8 Å². The molecule has 1 heterocycles. The fraction of sp³-hybridized carbons (Fsp3) is 0.444.